The summed E-state index contributed by atoms with van der Waals surface area (Å²) < 4.78 is 0. The standard InChI is InChI=1S/C12H20N2O/c1-2-14(10-12(15)8-13)9-11-6-4-3-5-7-11/h3-7,12,15H,2,8-10,13H2,1H3/t12-/m1/s1. The molecule has 1 aromatic carbocycles. The van der Waals surface area contributed by atoms with Crippen LogP contribution in [-0.2, 0) is 6.54 Å². The number of aliphatic hydroxyl groups excluding tert-OH is 1. The molecule has 0 spiro atoms. The number of nitrogens with two attached hydrogens (primary N) is 1. The topological polar surface area (TPSA) is 49.5 Å². The lowest BCUT2D eigenvalue weighted by atomic mass is 10.2. The van der Waals surface area contributed by atoms with E-state index in [1.165, 1.54) is 5.56 Å². The van der Waals surface area contributed by atoms with Gasteiger partial charge in [0.25, 0.3) is 0 Å². The third kappa shape index (κ3) is 4.42. The normalized spacial score (nSPS) is 13.1. The Hall–Kier alpha value is -0.900. The summed E-state index contributed by atoms with van der Waals surface area (Å²) in [7, 11) is 0. The second kappa shape index (κ2) is 6.56. The van der Waals surface area contributed by atoms with Gasteiger partial charge in [-0.05, 0) is 12.1 Å². The Labute approximate surface area is 91.5 Å². The van der Waals surface area contributed by atoms with Crippen molar-refractivity contribution in [3.8, 4) is 0 Å². The Morgan fingerprint density at radius 1 is 1.33 bits per heavy atom. The van der Waals surface area contributed by atoms with Gasteiger partial charge in [0.2, 0.25) is 0 Å². The molecule has 0 aliphatic carbocycles. The van der Waals surface area contributed by atoms with Crippen molar-refractivity contribution in [1.29, 1.82) is 0 Å². The van der Waals surface area contributed by atoms with Crippen LogP contribution in [0.15, 0.2) is 30.3 Å². The summed E-state index contributed by atoms with van der Waals surface area (Å²) in [6.45, 7) is 4.85. The van der Waals surface area contributed by atoms with Crippen LogP contribution in [0.4, 0.5) is 0 Å². The fourth-order valence-corrected chi connectivity index (χ4v) is 1.52. The summed E-state index contributed by atoms with van der Waals surface area (Å²) in [5.74, 6) is 0. The van der Waals surface area contributed by atoms with E-state index in [0.29, 0.717) is 13.1 Å². The molecule has 0 aromatic heterocycles. The highest BCUT2D eigenvalue weighted by atomic mass is 16.3. The summed E-state index contributed by atoms with van der Waals surface area (Å²) in [6.07, 6.45) is -0.423. The number of benzene rings is 1. The van der Waals surface area contributed by atoms with Crippen molar-refractivity contribution in [3.63, 3.8) is 0 Å². The van der Waals surface area contributed by atoms with E-state index in [0.717, 1.165) is 13.1 Å². The molecule has 0 bridgehead atoms. The van der Waals surface area contributed by atoms with Gasteiger partial charge in [-0.1, -0.05) is 37.3 Å². The lowest BCUT2D eigenvalue weighted by Gasteiger charge is -2.22. The van der Waals surface area contributed by atoms with Crippen LogP contribution >= 0.6 is 0 Å². The van der Waals surface area contributed by atoms with E-state index < -0.39 is 6.10 Å². The monoisotopic (exact) mass is 208 g/mol. The van der Waals surface area contributed by atoms with Gasteiger partial charge in [-0.25, -0.2) is 0 Å². The van der Waals surface area contributed by atoms with Crippen LogP contribution in [0.1, 0.15) is 12.5 Å². The molecule has 1 atom stereocenters. The molecule has 1 rings (SSSR count). The van der Waals surface area contributed by atoms with Gasteiger partial charge in [-0.2, -0.15) is 0 Å². The van der Waals surface area contributed by atoms with Crippen molar-refractivity contribution < 1.29 is 5.11 Å². The fourth-order valence-electron chi connectivity index (χ4n) is 1.52. The number of nitrogens with zero attached hydrogens (tertiary/aromatic N) is 1. The molecule has 0 amide bonds. The predicted octanol–water partition coefficient (Wildman–Crippen LogP) is 0.828. The summed E-state index contributed by atoms with van der Waals surface area (Å²) >= 11 is 0. The van der Waals surface area contributed by atoms with Gasteiger partial charge < -0.3 is 10.8 Å². The van der Waals surface area contributed by atoms with Crippen molar-refractivity contribution in [2.24, 2.45) is 5.73 Å². The second-order valence-corrected chi connectivity index (χ2v) is 3.70. The van der Waals surface area contributed by atoms with E-state index >= 15 is 0 Å². The molecule has 15 heavy (non-hydrogen) atoms. The molecule has 1 aromatic rings. The first-order valence-electron chi connectivity index (χ1n) is 5.40. The van der Waals surface area contributed by atoms with E-state index in [9.17, 15) is 5.11 Å². The Morgan fingerprint density at radius 3 is 2.53 bits per heavy atom. The largest absolute Gasteiger partial charge is 0.390 e. The number of rotatable bonds is 6. The van der Waals surface area contributed by atoms with Gasteiger partial charge in [0.15, 0.2) is 0 Å². The van der Waals surface area contributed by atoms with Gasteiger partial charge in [0.05, 0.1) is 6.10 Å². The summed E-state index contributed by atoms with van der Waals surface area (Å²) in [4.78, 5) is 2.19. The van der Waals surface area contributed by atoms with E-state index in [1.807, 2.05) is 18.2 Å². The average Bonchev–Trinajstić information content (AvgIpc) is 2.29. The van der Waals surface area contributed by atoms with E-state index in [1.54, 1.807) is 0 Å². The van der Waals surface area contributed by atoms with Crippen molar-refractivity contribution in [3.05, 3.63) is 35.9 Å². The summed E-state index contributed by atoms with van der Waals surface area (Å²) in [6, 6.07) is 10.3. The highest BCUT2D eigenvalue weighted by molar-refractivity contribution is 5.14. The highest BCUT2D eigenvalue weighted by Gasteiger charge is 2.08. The highest BCUT2D eigenvalue weighted by Crippen LogP contribution is 2.04. The van der Waals surface area contributed by atoms with E-state index in [-0.39, 0.29) is 0 Å². The summed E-state index contributed by atoms with van der Waals surface area (Å²) in [5.41, 5.74) is 6.66. The molecule has 0 aliphatic heterocycles. The average molecular weight is 208 g/mol. The van der Waals surface area contributed by atoms with Gasteiger partial charge in [-0.3, -0.25) is 4.90 Å². The van der Waals surface area contributed by atoms with Crippen molar-refractivity contribution in [2.45, 2.75) is 19.6 Å². The Kier molecular flexibility index (Phi) is 5.32. The molecule has 0 heterocycles. The van der Waals surface area contributed by atoms with Crippen molar-refractivity contribution in [1.82, 2.24) is 4.90 Å². The zero-order valence-corrected chi connectivity index (χ0v) is 9.26. The summed E-state index contributed by atoms with van der Waals surface area (Å²) in [5, 5.41) is 9.47. The number of hydrogen-bond acceptors (Lipinski definition) is 3. The molecule has 3 nitrogen and oxygen atoms in total. The van der Waals surface area contributed by atoms with Crippen molar-refractivity contribution >= 4 is 0 Å². The zero-order valence-electron chi connectivity index (χ0n) is 9.26. The quantitative estimate of drug-likeness (QED) is 0.728. The Balaban J connectivity index is 2.47. The van der Waals surface area contributed by atoms with Crippen LogP contribution in [0, 0.1) is 0 Å². The third-order valence-corrected chi connectivity index (χ3v) is 2.44. The molecular formula is C12H20N2O. The Morgan fingerprint density at radius 2 is 2.00 bits per heavy atom. The fraction of sp³-hybridized carbons (Fsp3) is 0.500. The van der Waals surface area contributed by atoms with Gasteiger partial charge in [0.1, 0.15) is 0 Å². The first-order chi connectivity index (χ1) is 7.26. The molecule has 3 heteroatoms. The molecule has 0 saturated heterocycles. The molecule has 0 radical (unpaired) electrons. The number of aliphatic hydroxyl groups is 1. The minimum Gasteiger partial charge on any atom is -0.390 e. The maximum atomic E-state index is 9.47. The van der Waals surface area contributed by atoms with Crippen LogP contribution in [0.2, 0.25) is 0 Å². The molecule has 84 valence electrons. The molecular weight excluding hydrogens is 188 g/mol. The first kappa shape index (κ1) is 12.2. The first-order valence-corrected chi connectivity index (χ1v) is 5.40. The minimum atomic E-state index is -0.423. The number of hydrogen-bond donors (Lipinski definition) is 2. The van der Waals surface area contributed by atoms with Gasteiger partial charge >= 0.3 is 0 Å². The van der Waals surface area contributed by atoms with E-state index in [4.69, 9.17) is 5.73 Å². The Bertz CT molecular complexity index is 264. The van der Waals surface area contributed by atoms with Crippen LogP contribution in [0.3, 0.4) is 0 Å². The maximum Gasteiger partial charge on any atom is 0.0789 e. The van der Waals surface area contributed by atoms with Crippen LogP contribution in [0.5, 0.6) is 0 Å². The van der Waals surface area contributed by atoms with Crippen LogP contribution in [0.25, 0.3) is 0 Å². The van der Waals surface area contributed by atoms with Gasteiger partial charge in [-0.15, -0.1) is 0 Å². The SMILES string of the molecule is CCN(Cc1ccccc1)C[C@H](O)CN. The van der Waals surface area contributed by atoms with Crippen molar-refractivity contribution in [2.75, 3.05) is 19.6 Å². The lowest BCUT2D eigenvalue weighted by Crippen LogP contribution is -2.36. The van der Waals surface area contributed by atoms with E-state index in [2.05, 4.69) is 24.0 Å². The molecule has 0 saturated carbocycles. The maximum absolute atomic E-state index is 9.47. The second-order valence-electron chi connectivity index (χ2n) is 3.70. The lowest BCUT2D eigenvalue weighted by molar-refractivity contribution is 0.118. The smallest absolute Gasteiger partial charge is 0.0789 e. The zero-order chi connectivity index (χ0) is 11.1. The minimum absolute atomic E-state index is 0.325. The third-order valence-electron chi connectivity index (χ3n) is 2.44. The molecule has 0 unspecified atom stereocenters. The number of likely N-dealkylation sites (N-methyl/N-ethyl adjacent to an activating group) is 1. The molecule has 0 aliphatic rings. The van der Waals surface area contributed by atoms with Crippen LogP contribution < -0.4 is 5.73 Å². The van der Waals surface area contributed by atoms with Crippen LogP contribution in [-0.4, -0.2) is 35.7 Å². The van der Waals surface area contributed by atoms with Gasteiger partial charge in [0, 0.05) is 19.6 Å². The molecule has 3 N–H and O–H groups in total. The molecule has 0 fully saturated rings. The predicted molar refractivity (Wildman–Crippen MR) is 62.5 cm³/mol.